The summed E-state index contributed by atoms with van der Waals surface area (Å²) in [5, 5.41) is 0.616. The van der Waals surface area contributed by atoms with Gasteiger partial charge in [-0.1, -0.05) is 29.3 Å². The van der Waals surface area contributed by atoms with Crippen molar-refractivity contribution in [2.75, 3.05) is 11.5 Å². The van der Waals surface area contributed by atoms with Gasteiger partial charge in [0.05, 0.1) is 12.8 Å². The summed E-state index contributed by atoms with van der Waals surface area (Å²) in [6.07, 6.45) is 1.59. The first kappa shape index (κ1) is 17.1. The summed E-state index contributed by atoms with van der Waals surface area (Å²) in [5.74, 6) is 1.19. The molecule has 0 spiro atoms. The lowest BCUT2D eigenvalue weighted by molar-refractivity contribution is -0.120. The standard InChI is InChI=1S/C20H18ClNO3/c1-15-4-10-18(11-5-15)25-14-20(23)22(13-19-3-2-12-24-19)17-8-6-16(21)7-9-17/h2-12H,13-14H2,1H3. The van der Waals surface area contributed by atoms with E-state index in [1.807, 2.05) is 37.3 Å². The maximum Gasteiger partial charge on any atom is 0.265 e. The van der Waals surface area contributed by atoms with Crippen LogP contribution < -0.4 is 9.64 Å². The van der Waals surface area contributed by atoms with Crippen molar-refractivity contribution in [3.8, 4) is 5.75 Å². The van der Waals surface area contributed by atoms with Gasteiger partial charge in [-0.3, -0.25) is 4.79 Å². The third-order valence-corrected chi connectivity index (χ3v) is 3.97. The van der Waals surface area contributed by atoms with Crippen LogP contribution in [0.2, 0.25) is 5.02 Å². The first-order valence-corrected chi connectivity index (χ1v) is 8.27. The van der Waals surface area contributed by atoms with Crippen LogP contribution in [-0.2, 0) is 11.3 Å². The average molecular weight is 356 g/mol. The zero-order chi connectivity index (χ0) is 17.6. The number of amides is 1. The summed E-state index contributed by atoms with van der Waals surface area (Å²) in [4.78, 5) is 14.3. The van der Waals surface area contributed by atoms with Gasteiger partial charge < -0.3 is 14.1 Å². The van der Waals surface area contributed by atoms with Crippen molar-refractivity contribution in [1.29, 1.82) is 0 Å². The van der Waals surface area contributed by atoms with Crippen LogP contribution in [0.25, 0.3) is 0 Å². The van der Waals surface area contributed by atoms with Crippen LogP contribution in [0.1, 0.15) is 11.3 Å². The molecule has 128 valence electrons. The van der Waals surface area contributed by atoms with Gasteiger partial charge in [-0.05, 0) is 55.5 Å². The Morgan fingerprint density at radius 1 is 1.08 bits per heavy atom. The molecule has 1 amide bonds. The Kier molecular flexibility index (Phi) is 5.41. The Morgan fingerprint density at radius 2 is 1.80 bits per heavy atom. The summed E-state index contributed by atoms with van der Waals surface area (Å²) < 4.78 is 11.0. The minimum Gasteiger partial charge on any atom is -0.484 e. The maximum absolute atomic E-state index is 12.7. The molecule has 3 aromatic rings. The van der Waals surface area contributed by atoms with Crippen LogP contribution in [0.4, 0.5) is 5.69 Å². The highest BCUT2D eigenvalue weighted by molar-refractivity contribution is 6.30. The highest BCUT2D eigenvalue weighted by atomic mass is 35.5. The number of nitrogens with zero attached hydrogens (tertiary/aromatic N) is 1. The van der Waals surface area contributed by atoms with Crippen molar-refractivity contribution in [2.24, 2.45) is 0 Å². The molecular formula is C20H18ClNO3. The number of furan rings is 1. The molecule has 2 aromatic carbocycles. The van der Waals surface area contributed by atoms with Gasteiger partial charge in [0.25, 0.3) is 5.91 Å². The molecule has 0 fully saturated rings. The van der Waals surface area contributed by atoms with E-state index in [0.717, 1.165) is 11.3 Å². The predicted molar refractivity (Wildman–Crippen MR) is 98.0 cm³/mol. The van der Waals surface area contributed by atoms with Gasteiger partial charge in [0.1, 0.15) is 11.5 Å². The van der Waals surface area contributed by atoms with E-state index in [0.29, 0.717) is 23.1 Å². The smallest absolute Gasteiger partial charge is 0.265 e. The van der Waals surface area contributed by atoms with E-state index < -0.39 is 0 Å². The summed E-state index contributed by atoms with van der Waals surface area (Å²) >= 11 is 5.95. The fourth-order valence-electron chi connectivity index (χ4n) is 2.36. The minimum absolute atomic E-state index is 0.0631. The van der Waals surface area contributed by atoms with Crippen molar-refractivity contribution < 1.29 is 13.9 Å². The van der Waals surface area contributed by atoms with E-state index in [2.05, 4.69) is 0 Å². The van der Waals surface area contributed by atoms with E-state index in [1.54, 1.807) is 41.5 Å². The fourth-order valence-corrected chi connectivity index (χ4v) is 2.49. The first-order valence-electron chi connectivity index (χ1n) is 7.89. The Morgan fingerprint density at radius 3 is 2.44 bits per heavy atom. The molecule has 0 radical (unpaired) electrons. The van der Waals surface area contributed by atoms with Crippen molar-refractivity contribution in [2.45, 2.75) is 13.5 Å². The highest BCUT2D eigenvalue weighted by Gasteiger charge is 2.18. The molecule has 0 saturated heterocycles. The minimum atomic E-state index is -0.167. The lowest BCUT2D eigenvalue weighted by Crippen LogP contribution is -2.34. The van der Waals surface area contributed by atoms with E-state index in [4.69, 9.17) is 20.8 Å². The predicted octanol–water partition coefficient (Wildman–Crippen LogP) is 4.85. The molecule has 0 aliphatic rings. The fraction of sp³-hybridized carbons (Fsp3) is 0.150. The van der Waals surface area contributed by atoms with E-state index in [9.17, 15) is 4.79 Å². The number of halogens is 1. The van der Waals surface area contributed by atoms with Crippen LogP contribution in [0.3, 0.4) is 0 Å². The number of benzene rings is 2. The molecule has 0 atom stereocenters. The summed E-state index contributed by atoms with van der Waals surface area (Å²) in [7, 11) is 0. The van der Waals surface area contributed by atoms with Crippen molar-refractivity contribution in [3.05, 3.63) is 83.3 Å². The highest BCUT2D eigenvalue weighted by Crippen LogP contribution is 2.21. The zero-order valence-corrected chi connectivity index (χ0v) is 14.6. The number of hydrogen-bond acceptors (Lipinski definition) is 3. The largest absolute Gasteiger partial charge is 0.484 e. The van der Waals surface area contributed by atoms with Crippen molar-refractivity contribution in [1.82, 2.24) is 0 Å². The molecule has 1 heterocycles. The molecule has 0 saturated carbocycles. The Labute approximate surface area is 151 Å². The topological polar surface area (TPSA) is 42.7 Å². The number of hydrogen-bond donors (Lipinski definition) is 0. The van der Waals surface area contributed by atoms with Crippen LogP contribution in [0.5, 0.6) is 5.75 Å². The van der Waals surface area contributed by atoms with Gasteiger partial charge in [0.15, 0.2) is 6.61 Å². The SMILES string of the molecule is Cc1ccc(OCC(=O)N(Cc2ccco2)c2ccc(Cl)cc2)cc1. The molecule has 0 aliphatic heterocycles. The third kappa shape index (κ3) is 4.64. The van der Waals surface area contributed by atoms with Crippen LogP contribution >= 0.6 is 11.6 Å². The van der Waals surface area contributed by atoms with Crippen LogP contribution in [0.15, 0.2) is 71.3 Å². The van der Waals surface area contributed by atoms with Crippen molar-refractivity contribution in [3.63, 3.8) is 0 Å². The molecular weight excluding hydrogens is 338 g/mol. The van der Waals surface area contributed by atoms with Crippen LogP contribution in [0, 0.1) is 6.92 Å². The monoisotopic (exact) mass is 355 g/mol. The number of carbonyl (C=O) groups excluding carboxylic acids is 1. The second-order valence-corrected chi connectivity index (χ2v) is 6.07. The molecule has 0 unspecified atom stereocenters. The van der Waals surface area contributed by atoms with Gasteiger partial charge >= 0.3 is 0 Å². The van der Waals surface area contributed by atoms with E-state index >= 15 is 0 Å². The lowest BCUT2D eigenvalue weighted by atomic mass is 10.2. The molecule has 5 heteroatoms. The number of aryl methyl sites for hydroxylation is 1. The van der Waals surface area contributed by atoms with Gasteiger partial charge in [0, 0.05) is 10.7 Å². The van der Waals surface area contributed by atoms with Gasteiger partial charge in [-0.15, -0.1) is 0 Å². The number of ether oxygens (including phenoxy) is 1. The van der Waals surface area contributed by atoms with Crippen molar-refractivity contribution >= 4 is 23.2 Å². The van der Waals surface area contributed by atoms with Gasteiger partial charge in [-0.25, -0.2) is 0 Å². The Balaban J connectivity index is 1.74. The normalized spacial score (nSPS) is 10.5. The molecule has 3 rings (SSSR count). The molecule has 0 N–H and O–H groups in total. The number of carbonyl (C=O) groups is 1. The number of rotatable bonds is 6. The first-order chi connectivity index (χ1) is 12.1. The summed E-state index contributed by atoms with van der Waals surface area (Å²) in [6, 6.07) is 18.3. The quantitative estimate of drug-likeness (QED) is 0.634. The van der Waals surface area contributed by atoms with Gasteiger partial charge in [-0.2, -0.15) is 0 Å². The molecule has 1 aromatic heterocycles. The molecule has 25 heavy (non-hydrogen) atoms. The molecule has 0 bridgehead atoms. The number of anilines is 1. The van der Waals surface area contributed by atoms with E-state index in [-0.39, 0.29) is 12.5 Å². The Bertz CT molecular complexity index is 811. The summed E-state index contributed by atoms with van der Waals surface area (Å²) in [6.45, 7) is 2.26. The third-order valence-electron chi connectivity index (χ3n) is 3.72. The zero-order valence-electron chi connectivity index (χ0n) is 13.8. The maximum atomic E-state index is 12.7. The van der Waals surface area contributed by atoms with Crippen LogP contribution in [-0.4, -0.2) is 12.5 Å². The average Bonchev–Trinajstić information content (AvgIpc) is 3.13. The molecule has 0 aliphatic carbocycles. The second-order valence-electron chi connectivity index (χ2n) is 5.64. The Hall–Kier alpha value is -2.72. The summed E-state index contributed by atoms with van der Waals surface area (Å²) in [5.41, 5.74) is 1.87. The van der Waals surface area contributed by atoms with E-state index in [1.165, 1.54) is 0 Å². The van der Waals surface area contributed by atoms with Gasteiger partial charge in [0.2, 0.25) is 0 Å². The molecule has 4 nitrogen and oxygen atoms in total. The second kappa shape index (κ2) is 7.90. The lowest BCUT2D eigenvalue weighted by Gasteiger charge is -2.22.